The van der Waals surface area contributed by atoms with Gasteiger partial charge in [-0.1, -0.05) is 31.0 Å². The summed E-state index contributed by atoms with van der Waals surface area (Å²) in [5.41, 5.74) is 1.14. The number of aliphatic hydroxyl groups is 2. The second-order valence-corrected chi connectivity index (χ2v) is 7.47. The molecule has 1 atom stereocenters. The molecule has 1 aliphatic heterocycles. The highest BCUT2D eigenvalue weighted by molar-refractivity contribution is 7.99. The minimum atomic E-state index is -0.279. The van der Waals surface area contributed by atoms with E-state index in [2.05, 4.69) is 24.3 Å². The van der Waals surface area contributed by atoms with E-state index in [1.54, 1.807) is 0 Å². The van der Waals surface area contributed by atoms with Crippen LogP contribution >= 0.6 is 11.8 Å². The quantitative estimate of drug-likeness (QED) is 0.873. The monoisotopic (exact) mass is 292 g/mol. The number of fused-ring (bicyclic) bond motifs is 1. The zero-order chi connectivity index (χ0) is 14.0. The Labute approximate surface area is 125 Å². The molecule has 20 heavy (non-hydrogen) atoms. The van der Waals surface area contributed by atoms with Crippen LogP contribution < -0.4 is 0 Å². The smallest absolute Gasteiger partial charge is 0.0512 e. The van der Waals surface area contributed by atoms with Gasteiger partial charge in [0, 0.05) is 16.1 Å². The Morgan fingerprint density at radius 1 is 1.10 bits per heavy atom. The van der Waals surface area contributed by atoms with Gasteiger partial charge in [0.1, 0.15) is 0 Å². The standard InChI is InChI=1S/C17H24O2S/c18-11-17(12-19,14-5-1-2-6-14)9-13-10-20-16-8-4-3-7-15(13)16/h3-4,7-8,13-14,18-19H,1-2,5-6,9-12H2. The molecule has 3 rings (SSSR count). The topological polar surface area (TPSA) is 40.5 Å². The Morgan fingerprint density at radius 3 is 2.50 bits per heavy atom. The van der Waals surface area contributed by atoms with Gasteiger partial charge in [-0.15, -0.1) is 11.8 Å². The predicted molar refractivity (Wildman–Crippen MR) is 83.1 cm³/mol. The summed E-state index contributed by atoms with van der Waals surface area (Å²) in [6.45, 7) is 0.245. The molecule has 1 aliphatic carbocycles. The molecule has 1 heterocycles. The first-order valence-electron chi connectivity index (χ1n) is 7.72. The number of rotatable bonds is 5. The summed E-state index contributed by atoms with van der Waals surface area (Å²) in [7, 11) is 0. The summed E-state index contributed by atoms with van der Waals surface area (Å²) in [6.07, 6.45) is 5.77. The highest BCUT2D eigenvalue weighted by Crippen LogP contribution is 2.49. The van der Waals surface area contributed by atoms with E-state index in [0.717, 1.165) is 12.2 Å². The van der Waals surface area contributed by atoms with Crippen LogP contribution in [0.2, 0.25) is 0 Å². The van der Waals surface area contributed by atoms with E-state index in [0.29, 0.717) is 11.8 Å². The molecule has 0 radical (unpaired) electrons. The maximum atomic E-state index is 9.98. The Balaban J connectivity index is 1.81. The van der Waals surface area contributed by atoms with Crippen LogP contribution in [-0.4, -0.2) is 29.2 Å². The van der Waals surface area contributed by atoms with Crippen LogP contribution in [0.15, 0.2) is 29.2 Å². The van der Waals surface area contributed by atoms with E-state index in [-0.39, 0.29) is 18.6 Å². The van der Waals surface area contributed by atoms with E-state index < -0.39 is 0 Å². The molecule has 0 aromatic heterocycles. The third-order valence-electron chi connectivity index (χ3n) is 5.30. The molecule has 1 unspecified atom stereocenters. The molecule has 2 aliphatic rings. The fourth-order valence-electron chi connectivity index (χ4n) is 4.03. The Kier molecular flexibility index (Phi) is 4.39. The molecule has 3 heteroatoms. The molecule has 2 N–H and O–H groups in total. The average molecular weight is 292 g/mol. The van der Waals surface area contributed by atoms with E-state index in [1.165, 1.54) is 36.1 Å². The first-order chi connectivity index (χ1) is 9.79. The third-order valence-corrected chi connectivity index (χ3v) is 6.55. The van der Waals surface area contributed by atoms with Crippen molar-refractivity contribution in [2.75, 3.05) is 19.0 Å². The van der Waals surface area contributed by atoms with Crippen molar-refractivity contribution in [1.82, 2.24) is 0 Å². The van der Waals surface area contributed by atoms with Gasteiger partial charge in [0.15, 0.2) is 0 Å². The predicted octanol–water partition coefficient (Wildman–Crippen LogP) is 3.43. The molecule has 1 fully saturated rings. The van der Waals surface area contributed by atoms with Crippen LogP contribution in [0, 0.1) is 11.3 Å². The lowest BCUT2D eigenvalue weighted by atomic mass is 9.69. The lowest BCUT2D eigenvalue weighted by Gasteiger charge is -2.38. The number of benzene rings is 1. The second-order valence-electron chi connectivity index (χ2n) is 6.41. The summed E-state index contributed by atoms with van der Waals surface area (Å²) in [6, 6.07) is 8.60. The Hall–Kier alpha value is -0.510. The summed E-state index contributed by atoms with van der Waals surface area (Å²) >= 11 is 1.92. The van der Waals surface area contributed by atoms with Crippen LogP contribution in [-0.2, 0) is 0 Å². The Bertz CT molecular complexity index is 450. The van der Waals surface area contributed by atoms with E-state index in [1.807, 2.05) is 11.8 Å². The highest BCUT2D eigenvalue weighted by Gasteiger charge is 2.42. The van der Waals surface area contributed by atoms with Crippen LogP contribution in [0.25, 0.3) is 0 Å². The van der Waals surface area contributed by atoms with Gasteiger partial charge in [0.05, 0.1) is 13.2 Å². The van der Waals surface area contributed by atoms with Crippen LogP contribution in [0.5, 0.6) is 0 Å². The van der Waals surface area contributed by atoms with Crippen molar-refractivity contribution in [2.24, 2.45) is 11.3 Å². The minimum absolute atomic E-state index is 0.123. The van der Waals surface area contributed by atoms with Crippen molar-refractivity contribution >= 4 is 11.8 Å². The van der Waals surface area contributed by atoms with Gasteiger partial charge in [0.2, 0.25) is 0 Å². The SMILES string of the molecule is OCC(CO)(CC1CSc2ccccc21)C1CCCC1. The maximum Gasteiger partial charge on any atom is 0.0512 e. The van der Waals surface area contributed by atoms with E-state index in [4.69, 9.17) is 0 Å². The minimum Gasteiger partial charge on any atom is -0.396 e. The zero-order valence-electron chi connectivity index (χ0n) is 11.9. The Morgan fingerprint density at radius 2 is 1.80 bits per heavy atom. The molecule has 0 saturated heterocycles. The fraction of sp³-hybridized carbons (Fsp3) is 0.647. The van der Waals surface area contributed by atoms with Gasteiger partial charge in [-0.05, 0) is 42.7 Å². The summed E-state index contributed by atoms with van der Waals surface area (Å²) in [5.74, 6) is 2.07. The molecule has 0 amide bonds. The lowest BCUT2D eigenvalue weighted by Crippen LogP contribution is -2.38. The molecule has 1 aromatic rings. The average Bonchev–Trinajstić information content (AvgIpc) is 3.15. The van der Waals surface area contributed by atoms with Crippen molar-refractivity contribution in [3.05, 3.63) is 29.8 Å². The maximum absolute atomic E-state index is 9.98. The van der Waals surface area contributed by atoms with Gasteiger partial charge in [0.25, 0.3) is 0 Å². The van der Waals surface area contributed by atoms with Crippen LogP contribution in [0.4, 0.5) is 0 Å². The third kappa shape index (κ3) is 2.51. The van der Waals surface area contributed by atoms with Crippen LogP contribution in [0.1, 0.15) is 43.6 Å². The van der Waals surface area contributed by atoms with Gasteiger partial charge < -0.3 is 10.2 Å². The molecular formula is C17H24O2S. The largest absolute Gasteiger partial charge is 0.396 e. The van der Waals surface area contributed by atoms with E-state index in [9.17, 15) is 10.2 Å². The summed E-state index contributed by atoms with van der Waals surface area (Å²) in [4.78, 5) is 1.38. The highest BCUT2D eigenvalue weighted by atomic mass is 32.2. The fourth-order valence-corrected chi connectivity index (χ4v) is 5.29. The van der Waals surface area contributed by atoms with Gasteiger partial charge in [-0.25, -0.2) is 0 Å². The normalized spacial score (nSPS) is 23.2. The second kappa shape index (κ2) is 6.08. The van der Waals surface area contributed by atoms with Crippen molar-refractivity contribution in [3.8, 4) is 0 Å². The molecule has 0 bridgehead atoms. The number of aliphatic hydroxyl groups excluding tert-OH is 2. The van der Waals surface area contributed by atoms with Crippen molar-refractivity contribution in [2.45, 2.75) is 42.9 Å². The molecule has 1 saturated carbocycles. The summed E-state index contributed by atoms with van der Waals surface area (Å²) in [5, 5.41) is 20.0. The van der Waals surface area contributed by atoms with Gasteiger partial charge in [-0.2, -0.15) is 0 Å². The molecule has 110 valence electrons. The number of thioether (sulfide) groups is 1. The van der Waals surface area contributed by atoms with Crippen molar-refractivity contribution in [3.63, 3.8) is 0 Å². The lowest BCUT2D eigenvalue weighted by molar-refractivity contribution is -0.00559. The first kappa shape index (κ1) is 14.4. The number of hydrogen-bond acceptors (Lipinski definition) is 3. The molecular weight excluding hydrogens is 268 g/mol. The van der Waals surface area contributed by atoms with Crippen molar-refractivity contribution < 1.29 is 10.2 Å². The van der Waals surface area contributed by atoms with Crippen LogP contribution in [0.3, 0.4) is 0 Å². The van der Waals surface area contributed by atoms with E-state index >= 15 is 0 Å². The number of hydrogen-bond donors (Lipinski definition) is 2. The zero-order valence-corrected chi connectivity index (χ0v) is 12.7. The molecule has 0 spiro atoms. The van der Waals surface area contributed by atoms with Gasteiger partial charge in [-0.3, -0.25) is 0 Å². The van der Waals surface area contributed by atoms with Crippen molar-refractivity contribution in [1.29, 1.82) is 0 Å². The molecule has 1 aromatic carbocycles. The van der Waals surface area contributed by atoms with Gasteiger partial charge >= 0.3 is 0 Å². The first-order valence-corrected chi connectivity index (χ1v) is 8.71. The molecule has 2 nitrogen and oxygen atoms in total. The summed E-state index contributed by atoms with van der Waals surface area (Å²) < 4.78 is 0.